The molecule has 8 nitrogen and oxygen atoms in total. The maximum atomic E-state index is 10.9. The molecule has 16 heavy (non-hydrogen) atoms. The first kappa shape index (κ1) is 12.1. The molecule has 0 radical (unpaired) electrons. The molecule has 0 bridgehead atoms. The molecular weight excluding hydrogens is 212 g/mol. The number of nitrogens with one attached hydrogen (secondary N) is 2. The number of anilines is 2. The first-order valence-electron chi connectivity index (χ1n) is 4.72. The molecule has 0 fully saturated rings. The lowest BCUT2D eigenvalue weighted by molar-refractivity contribution is -0.385. The molecule has 0 saturated carbocycles. The number of aryl methyl sites for hydroxylation is 1. The van der Waals surface area contributed by atoms with Crippen molar-refractivity contribution in [3.63, 3.8) is 0 Å². The van der Waals surface area contributed by atoms with E-state index in [1.54, 1.807) is 0 Å². The third-order valence-corrected chi connectivity index (χ3v) is 1.80. The van der Waals surface area contributed by atoms with E-state index in [1.807, 2.05) is 13.8 Å². The molecule has 0 atom stereocenters. The van der Waals surface area contributed by atoms with Crippen LogP contribution in [0.5, 0.6) is 0 Å². The van der Waals surface area contributed by atoms with Crippen molar-refractivity contribution in [3.05, 3.63) is 15.8 Å². The lowest BCUT2D eigenvalue weighted by Crippen LogP contribution is -2.17. The van der Waals surface area contributed by atoms with E-state index in [1.165, 1.54) is 6.92 Å². The van der Waals surface area contributed by atoms with Crippen LogP contribution >= 0.6 is 0 Å². The smallest absolute Gasteiger partial charge is 0.332 e. The molecule has 88 valence electrons. The van der Waals surface area contributed by atoms with Crippen LogP contribution in [0.3, 0.4) is 0 Å². The highest BCUT2D eigenvalue weighted by molar-refractivity contribution is 5.60. The molecule has 1 heterocycles. The predicted molar refractivity (Wildman–Crippen MR) is 60.0 cm³/mol. The van der Waals surface area contributed by atoms with Crippen molar-refractivity contribution in [2.75, 3.05) is 10.7 Å². The van der Waals surface area contributed by atoms with Gasteiger partial charge in [-0.2, -0.15) is 4.98 Å². The van der Waals surface area contributed by atoms with E-state index in [9.17, 15) is 10.1 Å². The molecule has 0 aliphatic heterocycles. The summed E-state index contributed by atoms with van der Waals surface area (Å²) in [7, 11) is 0. The molecule has 0 spiro atoms. The summed E-state index contributed by atoms with van der Waals surface area (Å²) < 4.78 is 0. The Hall–Kier alpha value is -1.96. The number of rotatable bonds is 4. The normalized spacial score (nSPS) is 10.3. The third kappa shape index (κ3) is 2.54. The summed E-state index contributed by atoms with van der Waals surface area (Å²) in [6.07, 6.45) is 0. The van der Waals surface area contributed by atoms with Gasteiger partial charge in [0, 0.05) is 6.04 Å². The molecule has 0 saturated heterocycles. The Morgan fingerprint density at radius 2 is 2.06 bits per heavy atom. The molecule has 0 aliphatic carbocycles. The highest BCUT2D eigenvalue weighted by Gasteiger charge is 2.22. The summed E-state index contributed by atoms with van der Waals surface area (Å²) in [5.41, 5.74) is 2.39. The Balaban J connectivity index is 3.28. The lowest BCUT2D eigenvalue weighted by atomic mass is 10.3. The third-order valence-electron chi connectivity index (χ3n) is 1.80. The van der Waals surface area contributed by atoms with Crippen molar-refractivity contribution in [2.45, 2.75) is 26.8 Å². The van der Waals surface area contributed by atoms with Gasteiger partial charge in [0.15, 0.2) is 0 Å². The van der Waals surface area contributed by atoms with E-state index < -0.39 is 4.92 Å². The Morgan fingerprint density at radius 3 is 2.50 bits per heavy atom. The van der Waals surface area contributed by atoms with Crippen LogP contribution < -0.4 is 16.6 Å². The van der Waals surface area contributed by atoms with Crippen LogP contribution in [0.2, 0.25) is 0 Å². The predicted octanol–water partition coefficient (Wildman–Crippen LogP) is 0.799. The Labute approximate surface area is 92.4 Å². The van der Waals surface area contributed by atoms with Crippen LogP contribution in [0.25, 0.3) is 0 Å². The Bertz CT molecular complexity index is 406. The fourth-order valence-electron chi connectivity index (χ4n) is 1.22. The van der Waals surface area contributed by atoms with Crippen molar-refractivity contribution >= 4 is 17.5 Å². The van der Waals surface area contributed by atoms with E-state index in [0.29, 0.717) is 0 Å². The van der Waals surface area contributed by atoms with E-state index in [4.69, 9.17) is 5.84 Å². The molecule has 1 aromatic heterocycles. The number of nitrogens with zero attached hydrogens (tertiary/aromatic N) is 3. The minimum absolute atomic E-state index is 0.0265. The highest BCUT2D eigenvalue weighted by Crippen LogP contribution is 2.26. The fourth-order valence-corrected chi connectivity index (χ4v) is 1.22. The van der Waals surface area contributed by atoms with E-state index in [0.717, 1.165) is 0 Å². The topological polar surface area (TPSA) is 119 Å². The molecule has 0 aromatic carbocycles. The zero-order chi connectivity index (χ0) is 12.3. The zero-order valence-electron chi connectivity index (χ0n) is 9.31. The van der Waals surface area contributed by atoms with E-state index in [-0.39, 0.29) is 29.2 Å². The number of hydrogen-bond donors (Lipinski definition) is 3. The summed E-state index contributed by atoms with van der Waals surface area (Å²) in [5, 5.41) is 13.7. The number of hydrazine groups is 1. The number of hydrogen-bond acceptors (Lipinski definition) is 7. The molecule has 1 rings (SSSR count). The second-order valence-corrected chi connectivity index (χ2v) is 3.53. The summed E-state index contributed by atoms with van der Waals surface area (Å²) in [6.45, 7) is 5.25. The number of aromatic nitrogens is 2. The highest BCUT2D eigenvalue weighted by atomic mass is 16.6. The van der Waals surface area contributed by atoms with Gasteiger partial charge in [-0.25, -0.2) is 10.8 Å². The maximum Gasteiger partial charge on any atom is 0.332 e. The second kappa shape index (κ2) is 4.71. The monoisotopic (exact) mass is 226 g/mol. The van der Waals surface area contributed by atoms with Gasteiger partial charge < -0.3 is 5.32 Å². The molecule has 8 heteroatoms. The van der Waals surface area contributed by atoms with Crippen LogP contribution in [0.1, 0.15) is 19.5 Å². The van der Waals surface area contributed by atoms with Gasteiger partial charge in [0.2, 0.25) is 11.8 Å². The summed E-state index contributed by atoms with van der Waals surface area (Å²) in [6, 6.07) is 0.0265. The van der Waals surface area contributed by atoms with Crippen molar-refractivity contribution < 1.29 is 4.92 Å². The maximum absolute atomic E-state index is 10.9. The Morgan fingerprint density at radius 1 is 1.44 bits per heavy atom. The molecule has 0 unspecified atom stereocenters. The molecular formula is C8H14N6O2. The van der Waals surface area contributed by atoms with Gasteiger partial charge in [0.05, 0.1) is 4.92 Å². The molecule has 1 aromatic rings. The SMILES string of the molecule is Cc1nc(NN)nc(NC(C)C)c1[N+](=O)[O-]. The minimum atomic E-state index is -0.514. The van der Waals surface area contributed by atoms with Gasteiger partial charge >= 0.3 is 5.69 Å². The van der Waals surface area contributed by atoms with Gasteiger partial charge in [-0.05, 0) is 20.8 Å². The van der Waals surface area contributed by atoms with Gasteiger partial charge in [0.25, 0.3) is 0 Å². The van der Waals surface area contributed by atoms with Crippen LogP contribution in [0, 0.1) is 17.0 Å². The van der Waals surface area contributed by atoms with Crippen LogP contribution in [0.4, 0.5) is 17.5 Å². The van der Waals surface area contributed by atoms with E-state index in [2.05, 4.69) is 20.7 Å². The number of nitro groups is 1. The second-order valence-electron chi connectivity index (χ2n) is 3.53. The first-order chi connectivity index (χ1) is 7.45. The van der Waals surface area contributed by atoms with Gasteiger partial charge in [-0.3, -0.25) is 15.5 Å². The number of nitrogen functional groups attached to an aromatic ring is 1. The van der Waals surface area contributed by atoms with Gasteiger partial charge in [-0.15, -0.1) is 0 Å². The van der Waals surface area contributed by atoms with E-state index >= 15 is 0 Å². The first-order valence-corrected chi connectivity index (χ1v) is 4.72. The van der Waals surface area contributed by atoms with Crippen molar-refractivity contribution in [1.29, 1.82) is 0 Å². The zero-order valence-corrected chi connectivity index (χ0v) is 9.31. The van der Waals surface area contributed by atoms with Gasteiger partial charge in [-0.1, -0.05) is 0 Å². The van der Waals surface area contributed by atoms with Crippen LogP contribution in [-0.2, 0) is 0 Å². The minimum Gasteiger partial charge on any atom is -0.362 e. The average molecular weight is 226 g/mol. The quantitative estimate of drug-likeness (QED) is 0.394. The summed E-state index contributed by atoms with van der Waals surface area (Å²) in [4.78, 5) is 18.1. The van der Waals surface area contributed by atoms with Crippen molar-refractivity contribution in [2.24, 2.45) is 5.84 Å². The number of nitrogens with two attached hydrogens (primary N) is 1. The molecule has 0 aliphatic rings. The lowest BCUT2D eigenvalue weighted by Gasteiger charge is -2.11. The van der Waals surface area contributed by atoms with Crippen molar-refractivity contribution in [3.8, 4) is 0 Å². The van der Waals surface area contributed by atoms with Gasteiger partial charge in [0.1, 0.15) is 5.69 Å². The fraction of sp³-hybridized carbons (Fsp3) is 0.500. The summed E-state index contributed by atoms with van der Waals surface area (Å²) in [5.74, 6) is 5.48. The average Bonchev–Trinajstić information content (AvgIpc) is 2.14. The molecule has 0 amide bonds. The van der Waals surface area contributed by atoms with Crippen LogP contribution in [-0.4, -0.2) is 20.9 Å². The standard InChI is InChI=1S/C8H14N6O2/c1-4(2)10-7-6(14(15)16)5(3)11-8(12-7)13-9/h4H,9H2,1-3H3,(H2,10,11,12,13). The van der Waals surface area contributed by atoms with Crippen LogP contribution in [0.15, 0.2) is 0 Å². The molecule has 4 N–H and O–H groups in total. The Kier molecular flexibility index (Phi) is 3.56. The van der Waals surface area contributed by atoms with Crippen molar-refractivity contribution in [1.82, 2.24) is 9.97 Å². The summed E-state index contributed by atoms with van der Waals surface area (Å²) >= 11 is 0. The largest absolute Gasteiger partial charge is 0.362 e.